The van der Waals surface area contributed by atoms with Crippen LogP contribution in [0.2, 0.25) is 0 Å². The molecule has 0 spiro atoms. The van der Waals surface area contributed by atoms with Crippen LogP contribution >= 0.6 is 0 Å². The molecule has 8 nitrogen and oxygen atoms in total. The van der Waals surface area contributed by atoms with E-state index in [9.17, 15) is 18.0 Å². The summed E-state index contributed by atoms with van der Waals surface area (Å²) in [5.74, 6) is -0.942. The Balaban J connectivity index is 3.97. The highest BCUT2D eigenvalue weighted by Gasteiger charge is 2.20. The lowest BCUT2D eigenvalue weighted by molar-refractivity contribution is -0.161. The van der Waals surface area contributed by atoms with Gasteiger partial charge in [-0.05, 0) is 64.2 Å². The van der Waals surface area contributed by atoms with Crippen molar-refractivity contribution in [3.05, 3.63) is 24.3 Å². The predicted octanol–water partition coefficient (Wildman–Crippen LogP) is 11.3. The molecule has 0 aromatic carbocycles. The Labute approximate surface area is 295 Å². The molecule has 0 saturated heterocycles. The Kier molecular flexibility index (Phi) is 33.9. The second-order valence-corrected chi connectivity index (χ2v) is 14.3. The number of ether oxygens (including phenoxy) is 2. The van der Waals surface area contributed by atoms with Crippen LogP contribution in [0.5, 0.6) is 0 Å². The van der Waals surface area contributed by atoms with Crippen LogP contribution < -0.4 is 0 Å². The van der Waals surface area contributed by atoms with Crippen LogP contribution in [0.3, 0.4) is 0 Å². The Morgan fingerprint density at radius 1 is 0.521 bits per heavy atom. The summed E-state index contributed by atoms with van der Waals surface area (Å²) in [6, 6.07) is 0. The lowest BCUT2D eigenvalue weighted by atomic mass is 10.1. The van der Waals surface area contributed by atoms with Gasteiger partial charge < -0.3 is 9.47 Å². The third kappa shape index (κ3) is 37.1. The first-order valence-electron chi connectivity index (χ1n) is 19.5. The first-order chi connectivity index (χ1) is 23.3. The number of hydrogen-bond donors (Lipinski definition) is 1. The highest BCUT2D eigenvalue weighted by Crippen LogP contribution is 2.13. The summed E-state index contributed by atoms with van der Waals surface area (Å²) < 4.78 is 45.9. The van der Waals surface area contributed by atoms with Gasteiger partial charge in [-0.25, -0.2) is 4.18 Å². The fraction of sp³-hybridized carbons (Fsp3) is 0.846. The van der Waals surface area contributed by atoms with Gasteiger partial charge in [0.2, 0.25) is 0 Å². The van der Waals surface area contributed by atoms with E-state index in [1.54, 1.807) is 0 Å². The zero-order valence-corrected chi connectivity index (χ0v) is 31.6. The Hall–Kier alpha value is -1.71. The molecule has 0 radical (unpaired) electrons. The van der Waals surface area contributed by atoms with Crippen LogP contribution in [-0.2, 0) is 33.6 Å². The average Bonchev–Trinajstić information content (AvgIpc) is 3.05. The van der Waals surface area contributed by atoms with Crippen LogP contribution in [-0.4, -0.2) is 44.2 Å². The maximum absolute atomic E-state index is 12.3. The van der Waals surface area contributed by atoms with Crippen molar-refractivity contribution >= 4 is 22.3 Å². The number of rotatable bonds is 36. The summed E-state index contributed by atoms with van der Waals surface area (Å²) in [6.45, 7) is 3.55. The molecule has 1 unspecified atom stereocenters. The summed E-state index contributed by atoms with van der Waals surface area (Å²) in [6.07, 6.45) is 38.7. The van der Waals surface area contributed by atoms with E-state index in [4.69, 9.17) is 14.0 Å². The molecular weight excluding hydrogens is 628 g/mol. The van der Waals surface area contributed by atoms with E-state index in [2.05, 4.69) is 42.3 Å². The highest BCUT2D eigenvalue weighted by atomic mass is 32.3. The fourth-order valence-corrected chi connectivity index (χ4v) is 5.78. The molecule has 1 atom stereocenters. The summed E-state index contributed by atoms with van der Waals surface area (Å²) >= 11 is 0. The van der Waals surface area contributed by atoms with Crippen LogP contribution in [0.1, 0.15) is 194 Å². The molecule has 282 valence electrons. The van der Waals surface area contributed by atoms with Crippen molar-refractivity contribution in [1.29, 1.82) is 0 Å². The van der Waals surface area contributed by atoms with Gasteiger partial charge in [0.25, 0.3) is 0 Å². The van der Waals surface area contributed by atoms with Gasteiger partial charge >= 0.3 is 22.3 Å². The average molecular weight is 701 g/mol. The van der Waals surface area contributed by atoms with Gasteiger partial charge in [-0.15, -0.1) is 0 Å². The number of carbonyl (C=O) groups is 2. The molecule has 0 aliphatic rings. The quantitative estimate of drug-likeness (QED) is 0.0297. The van der Waals surface area contributed by atoms with E-state index < -0.39 is 35.0 Å². The standard InChI is InChI=1S/C39H72O8S/c1-3-5-7-9-11-13-15-17-19-21-23-25-27-29-31-33-38(40)45-35-37(36-46-48(42,43)44)47-39(41)34-32-30-28-26-24-22-20-18-16-14-12-10-8-6-4-2/h17-20,37H,3-16,21-36H2,1-2H3,(H,42,43,44)/b19-17-,20-18-. The SMILES string of the molecule is CCCCCCCC/C=C\CCCCCCCC(=O)OCC(COS(=O)(=O)O)OC(=O)CCCCCCC/C=C\CCCCCCCC. The van der Waals surface area contributed by atoms with Crippen LogP contribution in [0, 0.1) is 0 Å². The summed E-state index contributed by atoms with van der Waals surface area (Å²) in [5, 5.41) is 0. The zero-order chi connectivity index (χ0) is 35.4. The summed E-state index contributed by atoms with van der Waals surface area (Å²) in [4.78, 5) is 24.6. The smallest absolute Gasteiger partial charge is 0.397 e. The molecule has 0 bridgehead atoms. The topological polar surface area (TPSA) is 116 Å². The molecule has 9 heteroatoms. The number of esters is 2. The van der Waals surface area contributed by atoms with E-state index in [1.807, 2.05) is 0 Å². The zero-order valence-electron chi connectivity index (χ0n) is 30.8. The third-order valence-electron chi connectivity index (χ3n) is 8.42. The number of unbranched alkanes of at least 4 members (excludes halogenated alkanes) is 22. The molecule has 48 heavy (non-hydrogen) atoms. The Bertz CT molecular complexity index is 900. The van der Waals surface area contributed by atoms with Gasteiger partial charge in [0, 0.05) is 12.8 Å². The third-order valence-corrected chi connectivity index (χ3v) is 8.85. The van der Waals surface area contributed by atoms with Crippen molar-refractivity contribution in [3.8, 4) is 0 Å². The molecule has 0 rings (SSSR count). The number of hydrogen-bond acceptors (Lipinski definition) is 7. The van der Waals surface area contributed by atoms with E-state index in [1.165, 1.54) is 89.9 Å². The molecule has 0 saturated carbocycles. The van der Waals surface area contributed by atoms with Gasteiger partial charge in [-0.3, -0.25) is 14.1 Å². The number of carbonyl (C=O) groups excluding carboxylic acids is 2. The Morgan fingerprint density at radius 2 is 0.875 bits per heavy atom. The lowest BCUT2D eigenvalue weighted by Gasteiger charge is -2.17. The molecular formula is C39H72O8S. The van der Waals surface area contributed by atoms with Gasteiger partial charge in [0.1, 0.15) is 13.2 Å². The van der Waals surface area contributed by atoms with Gasteiger partial charge in [-0.2, -0.15) is 8.42 Å². The molecule has 0 fully saturated rings. The van der Waals surface area contributed by atoms with Crippen LogP contribution in [0.25, 0.3) is 0 Å². The monoisotopic (exact) mass is 700 g/mol. The largest absolute Gasteiger partial charge is 0.462 e. The number of allylic oxidation sites excluding steroid dienone is 4. The van der Waals surface area contributed by atoms with E-state index in [-0.39, 0.29) is 19.4 Å². The predicted molar refractivity (Wildman–Crippen MR) is 197 cm³/mol. The van der Waals surface area contributed by atoms with Crippen LogP contribution in [0.4, 0.5) is 0 Å². The molecule has 0 aliphatic carbocycles. The maximum atomic E-state index is 12.3. The van der Waals surface area contributed by atoms with Gasteiger partial charge in [0.15, 0.2) is 6.10 Å². The first-order valence-corrected chi connectivity index (χ1v) is 20.9. The van der Waals surface area contributed by atoms with Crippen LogP contribution in [0.15, 0.2) is 24.3 Å². The molecule has 0 aromatic rings. The van der Waals surface area contributed by atoms with E-state index >= 15 is 0 Å². The normalized spacial score (nSPS) is 12.6. The molecule has 0 heterocycles. The summed E-state index contributed by atoms with van der Waals surface area (Å²) in [7, 11) is -4.72. The fourth-order valence-electron chi connectivity index (χ4n) is 5.46. The molecule has 0 aromatic heterocycles. The van der Waals surface area contributed by atoms with E-state index in [0.717, 1.165) is 64.2 Å². The van der Waals surface area contributed by atoms with Crippen molar-refractivity contribution in [2.45, 2.75) is 200 Å². The van der Waals surface area contributed by atoms with Crippen molar-refractivity contribution in [2.75, 3.05) is 13.2 Å². The lowest BCUT2D eigenvalue weighted by Crippen LogP contribution is -2.30. The maximum Gasteiger partial charge on any atom is 0.397 e. The Morgan fingerprint density at radius 3 is 1.27 bits per heavy atom. The molecule has 0 amide bonds. The van der Waals surface area contributed by atoms with Crippen molar-refractivity contribution in [1.82, 2.24) is 0 Å². The second kappa shape index (κ2) is 35.1. The van der Waals surface area contributed by atoms with Gasteiger partial charge in [-0.1, -0.05) is 141 Å². The van der Waals surface area contributed by atoms with Crippen molar-refractivity contribution in [3.63, 3.8) is 0 Å². The van der Waals surface area contributed by atoms with Gasteiger partial charge in [0.05, 0.1) is 0 Å². The van der Waals surface area contributed by atoms with E-state index in [0.29, 0.717) is 12.8 Å². The second-order valence-electron chi connectivity index (χ2n) is 13.2. The molecule has 1 N–H and O–H groups in total. The minimum absolute atomic E-state index is 0.184. The minimum atomic E-state index is -4.72. The minimum Gasteiger partial charge on any atom is -0.462 e. The first kappa shape index (κ1) is 46.3. The highest BCUT2D eigenvalue weighted by molar-refractivity contribution is 7.80. The van der Waals surface area contributed by atoms with Crippen molar-refractivity contribution < 1.29 is 36.2 Å². The summed E-state index contributed by atoms with van der Waals surface area (Å²) in [5.41, 5.74) is 0. The van der Waals surface area contributed by atoms with Crippen molar-refractivity contribution in [2.24, 2.45) is 0 Å². The molecule has 0 aliphatic heterocycles.